The molecule has 0 saturated carbocycles. The van der Waals surface area contributed by atoms with E-state index in [1.807, 2.05) is 0 Å². The first-order chi connectivity index (χ1) is 12.2. The number of alkyl halides is 9. The van der Waals surface area contributed by atoms with E-state index in [0.29, 0.717) is 19.3 Å². The van der Waals surface area contributed by atoms with Crippen molar-refractivity contribution in [3.8, 4) is 0 Å². The molecule has 0 radical (unpaired) electrons. The van der Waals surface area contributed by atoms with E-state index in [-0.39, 0.29) is 6.42 Å². The predicted octanol–water partition coefficient (Wildman–Crippen LogP) is 4.89. The Morgan fingerprint density at radius 2 is 1.32 bits per heavy atom. The predicted molar refractivity (Wildman–Crippen MR) is 84.4 cm³/mol. The highest BCUT2D eigenvalue weighted by atomic mass is 32.3. The van der Waals surface area contributed by atoms with Gasteiger partial charge in [0.05, 0.1) is 5.75 Å². The van der Waals surface area contributed by atoms with Gasteiger partial charge in [0.1, 0.15) is 5.78 Å². The molecule has 0 aromatic carbocycles. The summed E-state index contributed by atoms with van der Waals surface area (Å²) < 4.78 is 142. The zero-order chi connectivity index (χ0) is 22.8. The monoisotopic (exact) mass is 474 g/mol. The molecule has 0 spiro atoms. The molecule has 4 nitrogen and oxygen atoms in total. The third-order valence-electron chi connectivity index (χ3n) is 3.27. The maximum Gasteiger partial charge on any atom is 0.460 e. The second-order valence-electron chi connectivity index (χ2n) is 6.26. The van der Waals surface area contributed by atoms with Crippen molar-refractivity contribution in [3.63, 3.8) is 0 Å². The Morgan fingerprint density at radius 3 is 1.71 bits per heavy atom. The maximum absolute atomic E-state index is 13.6. The number of ketones is 1. The molecule has 0 heterocycles. The van der Waals surface area contributed by atoms with Crippen molar-refractivity contribution in [2.24, 2.45) is 0 Å². The Morgan fingerprint density at radius 1 is 0.857 bits per heavy atom. The number of hydrogen-bond donors (Lipinski definition) is 0. The van der Waals surface area contributed by atoms with Crippen LogP contribution in [-0.4, -0.2) is 55.7 Å². The van der Waals surface area contributed by atoms with Crippen molar-refractivity contribution in [1.82, 2.24) is 0 Å². The van der Waals surface area contributed by atoms with Crippen LogP contribution in [0.5, 0.6) is 0 Å². The summed E-state index contributed by atoms with van der Waals surface area (Å²) in [4.78, 5) is 11.7. The van der Waals surface area contributed by atoms with Crippen molar-refractivity contribution < 1.29 is 56.4 Å². The van der Waals surface area contributed by atoms with Gasteiger partial charge in [-0.25, -0.2) is 3.63 Å². The van der Waals surface area contributed by atoms with Gasteiger partial charge in [-0.2, -0.15) is 47.9 Å². The molecular weight excluding hydrogens is 455 g/mol. The standard InChI is InChI=1S/C13H19F9O4S2/c1-4-5-6-7-9(23)8-27(2,3)26-28(24,25)13(21,22)11(16,17)10(14,15)12(18,19)20/h4-8H2,1-3H3. The molecule has 0 aliphatic carbocycles. The molecule has 0 fully saturated rings. The Hall–Kier alpha value is -0.700. The van der Waals surface area contributed by atoms with Crippen LogP contribution in [0, 0.1) is 0 Å². The van der Waals surface area contributed by atoms with Gasteiger partial charge < -0.3 is 0 Å². The first-order valence-electron chi connectivity index (χ1n) is 7.55. The summed E-state index contributed by atoms with van der Waals surface area (Å²) in [5.41, 5.74) is 0. The molecule has 0 unspecified atom stereocenters. The molecule has 0 atom stereocenters. The Balaban J connectivity index is 5.65. The van der Waals surface area contributed by atoms with Crippen molar-refractivity contribution in [3.05, 3.63) is 0 Å². The van der Waals surface area contributed by atoms with Gasteiger partial charge in [0.15, 0.2) is 0 Å². The Kier molecular flexibility index (Phi) is 8.36. The molecule has 0 aromatic heterocycles. The number of carbonyl (C=O) groups excluding carboxylic acids is 1. The van der Waals surface area contributed by atoms with Gasteiger partial charge in [-0.3, -0.25) is 4.79 Å². The fourth-order valence-corrected chi connectivity index (χ4v) is 5.70. The smallest absolute Gasteiger partial charge is 0.299 e. The average molecular weight is 474 g/mol. The molecule has 0 saturated heterocycles. The highest BCUT2D eigenvalue weighted by Gasteiger charge is 2.86. The fraction of sp³-hybridized carbons (Fsp3) is 0.923. The molecular formula is C13H19F9O4S2. The van der Waals surface area contributed by atoms with E-state index in [2.05, 4.69) is 3.63 Å². The van der Waals surface area contributed by atoms with Crippen molar-refractivity contribution in [1.29, 1.82) is 0 Å². The van der Waals surface area contributed by atoms with E-state index < -0.39 is 55.2 Å². The SMILES string of the molecule is CCCCCC(=O)CS(C)(C)OS(=O)(=O)C(F)(F)C(F)(F)C(F)(F)C(F)(F)F. The molecule has 0 amide bonds. The normalized spacial score (nSPS) is 15.6. The maximum atomic E-state index is 13.6. The van der Waals surface area contributed by atoms with Gasteiger partial charge in [-0.15, -0.1) is 10.3 Å². The minimum Gasteiger partial charge on any atom is -0.299 e. The van der Waals surface area contributed by atoms with Crippen LogP contribution in [0.1, 0.15) is 32.6 Å². The first-order valence-corrected chi connectivity index (χ1v) is 11.5. The number of halogens is 9. The Bertz CT molecular complexity index is 657. The van der Waals surface area contributed by atoms with E-state index in [0.717, 1.165) is 12.5 Å². The first kappa shape index (κ1) is 27.3. The molecule has 0 aliphatic heterocycles. The molecule has 0 aromatic rings. The van der Waals surface area contributed by atoms with Crippen molar-refractivity contribution >= 4 is 26.2 Å². The summed E-state index contributed by atoms with van der Waals surface area (Å²) >= 11 is 0. The topological polar surface area (TPSA) is 60.4 Å². The summed E-state index contributed by atoms with van der Waals surface area (Å²) in [6.45, 7) is 1.80. The van der Waals surface area contributed by atoms with Gasteiger partial charge in [0, 0.05) is 6.42 Å². The summed E-state index contributed by atoms with van der Waals surface area (Å²) in [7, 11) is -10.3. The third kappa shape index (κ3) is 5.68. The molecule has 170 valence electrons. The Labute approximate surface area is 157 Å². The van der Waals surface area contributed by atoms with Crippen molar-refractivity contribution in [2.75, 3.05) is 18.3 Å². The quantitative estimate of drug-likeness (QED) is 0.316. The number of Topliss-reactive ketones (excluding diaryl/α,β-unsaturated/α-hetero) is 1. The van der Waals surface area contributed by atoms with Gasteiger partial charge in [-0.1, -0.05) is 19.8 Å². The van der Waals surface area contributed by atoms with Gasteiger partial charge in [-0.05, 0) is 18.9 Å². The van der Waals surface area contributed by atoms with E-state index in [4.69, 9.17) is 0 Å². The summed E-state index contributed by atoms with van der Waals surface area (Å²) in [6.07, 6.45) is -4.00. The van der Waals surface area contributed by atoms with E-state index in [1.165, 1.54) is 0 Å². The zero-order valence-electron chi connectivity index (χ0n) is 14.9. The largest absolute Gasteiger partial charge is 0.460 e. The van der Waals surface area contributed by atoms with Gasteiger partial charge in [0.25, 0.3) is 0 Å². The van der Waals surface area contributed by atoms with Gasteiger partial charge >= 0.3 is 33.4 Å². The zero-order valence-corrected chi connectivity index (χ0v) is 16.5. The van der Waals surface area contributed by atoms with Crippen LogP contribution in [0.15, 0.2) is 0 Å². The van der Waals surface area contributed by atoms with E-state index in [1.54, 1.807) is 6.92 Å². The highest BCUT2D eigenvalue weighted by molar-refractivity contribution is 8.32. The second-order valence-corrected chi connectivity index (χ2v) is 11.4. The number of rotatable bonds is 11. The molecule has 28 heavy (non-hydrogen) atoms. The highest BCUT2D eigenvalue weighted by Crippen LogP contribution is 2.57. The molecule has 0 N–H and O–H groups in total. The molecule has 0 bridgehead atoms. The minimum absolute atomic E-state index is 0.105. The van der Waals surface area contributed by atoms with Crippen LogP contribution in [0.2, 0.25) is 0 Å². The third-order valence-corrected chi connectivity index (χ3v) is 7.36. The summed E-state index contributed by atoms with van der Waals surface area (Å²) in [6, 6.07) is 0. The van der Waals surface area contributed by atoms with E-state index in [9.17, 15) is 52.7 Å². The number of hydrogen-bond acceptors (Lipinski definition) is 4. The number of unbranched alkanes of at least 4 members (excludes halogenated alkanes) is 2. The van der Waals surface area contributed by atoms with Crippen LogP contribution in [0.4, 0.5) is 39.5 Å². The molecule has 15 heteroatoms. The van der Waals surface area contributed by atoms with E-state index >= 15 is 0 Å². The lowest BCUT2D eigenvalue weighted by Crippen LogP contribution is -2.63. The lowest BCUT2D eigenvalue weighted by molar-refractivity contribution is -0.382. The fourth-order valence-electron chi connectivity index (χ4n) is 1.86. The second kappa shape index (κ2) is 8.58. The summed E-state index contributed by atoms with van der Waals surface area (Å²) in [5.74, 6) is -16.2. The minimum atomic E-state index is -7.37. The van der Waals surface area contributed by atoms with Gasteiger partial charge in [0.2, 0.25) is 0 Å². The molecule has 0 rings (SSSR count). The average Bonchev–Trinajstić information content (AvgIpc) is 2.43. The number of carbonyl (C=O) groups is 1. The van der Waals surface area contributed by atoms with Crippen LogP contribution in [0.3, 0.4) is 0 Å². The van der Waals surface area contributed by atoms with Crippen LogP contribution < -0.4 is 0 Å². The lowest BCUT2D eigenvalue weighted by Gasteiger charge is -2.35. The summed E-state index contributed by atoms with van der Waals surface area (Å²) in [5, 5.41) is -6.92. The van der Waals surface area contributed by atoms with Crippen LogP contribution >= 0.6 is 10.3 Å². The van der Waals surface area contributed by atoms with Crippen molar-refractivity contribution in [2.45, 2.75) is 55.9 Å². The molecule has 0 aliphatic rings. The van der Waals surface area contributed by atoms with Crippen LogP contribution in [-0.2, 0) is 18.5 Å². The lowest BCUT2D eigenvalue weighted by atomic mass is 10.1. The van der Waals surface area contributed by atoms with Crippen LogP contribution in [0.25, 0.3) is 0 Å².